The predicted molar refractivity (Wildman–Crippen MR) is 239 cm³/mol. The highest BCUT2D eigenvalue weighted by atomic mass is 16.3. The van der Waals surface area contributed by atoms with Crippen LogP contribution in [-0.2, 0) is 5.41 Å². The normalized spacial score (nSPS) is 12.8. The van der Waals surface area contributed by atoms with Crippen LogP contribution in [-0.4, -0.2) is 9.97 Å². The molecule has 8 aromatic carbocycles. The highest BCUT2D eigenvalue weighted by Gasteiger charge is 2.35. The lowest BCUT2D eigenvalue weighted by molar-refractivity contribution is 0.660. The lowest BCUT2D eigenvalue weighted by atomic mass is 9.82. The zero-order chi connectivity index (χ0) is 38.8. The number of furan rings is 1. The smallest absolute Gasteiger partial charge is 0.160 e. The summed E-state index contributed by atoms with van der Waals surface area (Å²) in [6.07, 6.45) is 0. The van der Waals surface area contributed by atoms with Gasteiger partial charge in [0.1, 0.15) is 11.2 Å². The third-order valence-electron chi connectivity index (χ3n) is 11.9. The van der Waals surface area contributed by atoms with Crippen LogP contribution in [0.15, 0.2) is 199 Å². The monoisotopic (exact) mass is 742 g/mol. The Balaban J connectivity index is 1.03. The molecule has 1 aliphatic rings. The van der Waals surface area contributed by atoms with Crippen molar-refractivity contribution < 1.29 is 4.42 Å². The van der Waals surface area contributed by atoms with Crippen LogP contribution in [0.3, 0.4) is 0 Å². The minimum atomic E-state index is -0.0149. The van der Waals surface area contributed by atoms with Gasteiger partial charge >= 0.3 is 0 Å². The van der Waals surface area contributed by atoms with Gasteiger partial charge in [-0.15, -0.1) is 0 Å². The molecule has 11 rings (SSSR count). The summed E-state index contributed by atoms with van der Waals surface area (Å²) in [6, 6.07) is 69.0. The number of rotatable bonds is 6. The van der Waals surface area contributed by atoms with Gasteiger partial charge in [-0.05, 0) is 104 Å². The molecule has 2 aromatic heterocycles. The van der Waals surface area contributed by atoms with E-state index in [0.717, 1.165) is 72.3 Å². The molecule has 0 unspecified atom stereocenters. The highest BCUT2D eigenvalue weighted by molar-refractivity contribution is 6.06. The quantitative estimate of drug-likeness (QED) is 0.170. The van der Waals surface area contributed by atoms with E-state index in [0.29, 0.717) is 5.82 Å². The molecule has 0 atom stereocenters. The first-order valence-electron chi connectivity index (χ1n) is 19.9. The average Bonchev–Trinajstić information content (AvgIpc) is 3.77. The summed E-state index contributed by atoms with van der Waals surface area (Å²) >= 11 is 0. The van der Waals surface area contributed by atoms with Crippen LogP contribution in [0.5, 0.6) is 0 Å². The molecule has 0 aliphatic heterocycles. The van der Waals surface area contributed by atoms with E-state index in [1.807, 2.05) is 30.3 Å². The fourth-order valence-electron chi connectivity index (χ4n) is 8.84. The number of hydrogen-bond acceptors (Lipinski definition) is 3. The number of nitrogens with zero attached hydrogens (tertiary/aromatic N) is 2. The molecule has 0 fully saturated rings. The van der Waals surface area contributed by atoms with Gasteiger partial charge in [0, 0.05) is 32.9 Å². The summed E-state index contributed by atoms with van der Waals surface area (Å²) in [5, 5.41) is 2.24. The zero-order valence-corrected chi connectivity index (χ0v) is 32.3. The standard InChI is InChI=1S/C55H38N2O/c1-55(2)48-19-11-9-17-44(48)47-32-39(26-28-49(47)55)36-21-23-37(24-22-36)50-34-51(57-54(56-50)38-15-7-4-8-16-38)43-30-41(35-13-5-3-6-14-35)29-42(31-43)40-25-27-46-45-18-10-12-20-52(45)58-53(46)33-40/h3-34H,1-2H3. The van der Waals surface area contributed by atoms with Crippen molar-refractivity contribution in [1.29, 1.82) is 0 Å². The Hall–Kier alpha value is -7.36. The van der Waals surface area contributed by atoms with Crippen molar-refractivity contribution in [2.24, 2.45) is 0 Å². The van der Waals surface area contributed by atoms with Crippen LogP contribution in [0.4, 0.5) is 0 Å². The van der Waals surface area contributed by atoms with Crippen molar-refractivity contribution in [1.82, 2.24) is 9.97 Å². The average molecular weight is 743 g/mol. The van der Waals surface area contributed by atoms with Crippen molar-refractivity contribution in [3.05, 3.63) is 205 Å². The number of para-hydroxylation sites is 1. The molecule has 0 radical (unpaired) electrons. The number of aromatic nitrogens is 2. The maximum absolute atomic E-state index is 6.33. The van der Waals surface area contributed by atoms with Gasteiger partial charge in [-0.3, -0.25) is 0 Å². The Morgan fingerprint density at radius 2 is 0.879 bits per heavy atom. The lowest BCUT2D eigenvalue weighted by Gasteiger charge is -2.21. The van der Waals surface area contributed by atoms with Crippen LogP contribution in [0.2, 0.25) is 0 Å². The number of fused-ring (bicyclic) bond motifs is 6. The Bertz CT molecular complexity index is 3180. The van der Waals surface area contributed by atoms with Crippen LogP contribution < -0.4 is 0 Å². The molecule has 0 bridgehead atoms. The summed E-state index contributed by atoms with van der Waals surface area (Å²) in [5.74, 6) is 0.687. The van der Waals surface area contributed by atoms with E-state index in [1.165, 1.54) is 33.4 Å². The molecular weight excluding hydrogens is 705 g/mol. The molecular formula is C55H38N2O. The molecule has 0 saturated heterocycles. The van der Waals surface area contributed by atoms with E-state index in [-0.39, 0.29) is 5.41 Å². The van der Waals surface area contributed by atoms with E-state index in [2.05, 4.69) is 178 Å². The van der Waals surface area contributed by atoms with Gasteiger partial charge in [0.05, 0.1) is 11.4 Å². The molecule has 0 spiro atoms. The molecule has 2 heterocycles. The van der Waals surface area contributed by atoms with E-state index < -0.39 is 0 Å². The van der Waals surface area contributed by atoms with Gasteiger partial charge in [0.15, 0.2) is 5.82 Å². The molecule has 0 amide bonds. The van der Waals surface area contributed by atoms with E-state index in [9.17, 15) is 0 Å². The SMILES string of the molecule is CC1(C)c2ccccc2-c2cc(-c3ccc(-c4cc(-c5cc(-c6ccccc6)cc(-c6ccc7c(c6)oc6ccccc67)c5)nc(-c5ccccc5)n4)cc3)ccc21. The minimum Gasteiger partial charge on any atom is -0.456 e. The van der Waals surface area contributed by atoms with Crippen molar-refractivity contribution in [2.45, 2.75) is 19.3 Å². The first kappa shape index (κ1) is 33.9. The number of benzene rings is 8. The van der Waals surface area contributed by atoms with Crippen LogP contribution >= 0.6 is 0 Å². The van der Waals surface area contributed by atoms with E-state index in [1.54, 1.807) is 0 Å². The third-order valence-corrected chi connectivity index (χ3v) is 11.9. The van der Waals surface area contributed by atoms with Crippen LogP contribution in [0.1, 0.15) is 25.0 Å². The molecule has 274 valence electrons. The second-order valence-corrected chi connectivity index (χ2v) is 15.8. The van der Waals surface area contributed by atoms with Crippen LogP contribution in [0.25, 0.3) is 100 Å². The summed E-state index contributed by atoms with van der Waals surface area (Å²) in [4.78, 5) is 10.4. The van der Waals surface area contributed by atoms with Gasteiger partial charge in [-0.25, -0.2) is 9.97 Å². The van der Waals surface area contributed by atoms with Crippen molar-refractivity contribution in [2.75, 3.05) is 0 Å². The van der Waals surface area contributed by atoms with Gasteiger partial charge in [0.25, 0.3) is 0 Å². The van der Waals surface area contributed by atoms with Crippen molar-refractivity contribution in [3.8, 4) is 78.4 Å². The largest absolute Gasteiger partial charge is 0.456 e. The first-order chi connectivity index (χ1) is 28.5. The third kappa shape index (κ3) is 5.74. The summed E-state index contributed by atoms with van der Waals surface area (Å²) < 4.78 is 6.33. The number of hydrogen-bond donors (Lipinski definition) is 0. The fourth-order valence-corrected chi connectivity index (χ4v) is 8.84. The molecule has 3 heteroatoms. The maximum Gasteiger partial charge on any atom is 0.160 e. The van der Waals surface area contributed by atoms with Gasteiger partial charge in [0.2, 0.25) is 0 Å². The molecule has 0 N–H and O–H groups in total. The Morgan fingerprint density at radius 3 is 1.67 bits per heavy atom. The summed E-state index contributed by atoms with van der Waals surface area (Å²) in [6.45, 7) is 4.65. The second-order valence-electron chi connectivity index (χ2n) is 15.8. The van der Waals surface area contributed by atoms with Crippen molar-refractivity contribution >= 4 is 21.9 Å². The summed E-state index contributed by atoms with van der Waals surface area (Å²) in [7, 11) is 0. The Labute approximate surface area is 338 Å². The van der Waals surface area contributed by atoms with Crippen molar-refractivity contribution in [3.63, 3.8) is 0 Å². The zero-order valence-electron chi connectivity index (χ0n) is 32.3. The van der Waals surface area contributed by atoms with Gasteiger partial charge in [-0.1, -0.05) is 159 Å². The Morgan fingerprint density at radius 1 is 0.345 bits per heavy atom. The van der Waals surface area contributed by atoms with Gasteiger partial charge in [-0.2, -0.15) is 0 Å². The predicted octanol–water partition coefficient (Wildman–Crippen LogP) is 14.7. The molecule has 0 saturated carbocycles. The first-order valence-corrected chi connectivity index (χ1v) is 19.9. The fraction of sp³-hybridized carbons (Fsp3) is 0.0545. The molecule has 1 aliphatic carbocycles. The van der Waals surface area contributed by atoms with E-state index >= 15 is 0 Å². The maximum atomic E-state index is 6.33. The molecule has 3 nitrogen and oxygen atoms in total. The van der Waals surface area contributed by atoms with Gasteiger partial charge < -0.3 is 4.42 Å². The molecule has 10 aromatic rings. The lowest BCUT2D eigenvalue weighted by Crippen LogP contribution is -2.14. The Kier molecular flexibility index (Phi) is 7.84. The summed E-state index contributed by atoms with van der Waals surface area (Å²) in [5.41, 5.74) is 18.7. The topological polar surface area (TPSA) is 38.9 Å². The molecule has 58 heavy (non-hydrogen) atoms. The second kappa shape index (κ2) is 13.4. The van der Waals surface area contributed by atoms with Crippen LogP contribution in [0, 0.1) is 0 Å². The minimum absolute atomic E-state index is 0.0149. The highest BCUT2D eigenvalue weighted by Crippen LogP contribution is 2.49. The van der Waals surface area contributed by atoms with E-state index in [4.69, 9.17) is 14.4 Å².